The van der Waals surface area contributed by atoms with E-state index in [0.717, 1.165) is 11.1 Å². The van der Waals surface area contributed by atoms with Gasteiger partial charge >= 0.3 is 5.97 Å². The van der Waals surface area contributed by atoms with E-state index in [-0.39, 0.29) is 24.6 Å². The first-order valence-electron chi connectivity index (χ1n) is 9.78. The fourth-order valence-corrected chi connectivity index (χ4v) is 4.59. The van der Waals surface area contributed by atoms with Crippen LogP contribution >= 0.6 is 0 Å². The first kappa shape index (κ1) is 22.5. The number of aryl methyl sites for hydroxylation is 1. The summed E-state index contributed by atoms with van der Waals surface area (Å²) in [6, 6.07) is 23.6. The van der Waals surface area contributed by atoms with Crippen LogP contribution in [0.1, 0.15) is 16.7 Å². The molecular weight excluding hydrogens is 414 g/mol. The SMILES string of the molecule is COC(=O)COc1ccc(S(=O)(=O)N(Cc2ccccc2)Cc2ccccc2)cc1C. The molecule has 6 nitrogen and oxygen atoms in total. The molecule has 0 spiro atoms. The highest BCUT2D eigenvalue weighted by Crippen LogP contribution is 2.26. The monoisotopic (exact) mass is 439 g/mol. The zero-order valence-electron chi connectivity index (χ0n) is 17.5. The molecule has 0 bridgehead atoms. The molecule has 0 aromatic heterocycles. The van der Waals surface area contributed by atoms with Crippen molar-refractivity contribution >= 4 is 16.0 Å². The van der Waals surface area contributed by atoms with E-state index in [0.29, 0.717) is 11.3 Å². The maximum Gasteiger partial charge on any atom is 0.343 e. The van der Waals surface area contributed by atoms with E-state index < -0.39 is 16.0 Å². The molecule has 162 valence electrons. The van der Waals surface area contributed by atoms with Crippen LogP contribution in [0.2, 0.25) is 0 Å². The van der Waals surface area contributed by atoms with Crippen LogP contribution in [-0.2, 0) is 32.6 Å². The Morgan fingerprint density at radius 2 is 1.42 bits per heavy atom. The van der Waals surface area contributed by atoms with E-state index in [1.165, 1.54) is 17.5 Å². The predicted molar refractivity (Wildman–Crippen MR) is 118 cm³/mol. The molecule has 0 unspecified atom stereocenters. The zero-order chi connectivity index (χ0) is 22.3. The lowest BCUT2D eigenvalue weighted by molar-refractivity contribution is -0.142. The number of rotatable bonds is 9. The summed E-state index contributed by atoms with van der Waals surface area (Å²) in [5.41, 5.74) is 2.41. The van der Waals surface area contributed by atoms with Crippen LogP contribution in [-0.4, -0.2) is 32.4 Å². The normalized spacial score (nSPS) is 11.3. The smallest absolute Gasteiger partial charge is 0.343 e. The first-order valence-corrected chi connectivity index (χ1v) is 11.2. The van der Waals surface area contributed by atoms with E-state index in [9.17, 15) is 13.2 Å². The third-order valence-corrected chi connectivity index (χ3v) is 6.55. The van der Waals surface area contributed by atoms with E-state index in [4.69, 9.17) is 4.74 Å². The zero-order valence-corrected chi connectivity index (χ0v) is 18.3. The first-order chi connectivity index (χ1) is 14.9. The number of benzene rings is 3. The Morgan fingerprint density at radius 3 is 1.90 bits per heavy atom. The second-order valence-corrected chi connectivity index (χ2v) is 8.97. The van der Waals surface area contributed by atoms with Crippen molar-refractivity contribution < 1.29 is 22.7 Å². The number of ether oxygens (including phenoxy) is 2. The number of hydrogen-bond acceptors (Lipinski definition) is 5. The molecule has 0 saturated carbocycles. The van der Waals surface area contributed by atoms with Gasteiger partial charge in [-0.3, -0.25) is 0 Å². The van der Waals surface area contributed by atoms with Crippen LogP contribution in [0.4, 0.5) is 0 Å². The largest absolute Gasteiger partial charge is 0.482 e. The molecule has 0 saturated heterocycles. The number of carbonyl (C=O) groups excluding carboxylic acids is 1. The van der Waals surface area contributed by atoms with Gasteiger partial charge in [0.05, 0.1) is 12.0 Å². The fourth-order valence-electron chi connectivity index (χ4n) is 3.09. The Balaban J connectivity index is 1.89. The van der Waals surface area contributed by atoms with E-state index in [1.807, 2.05) is 60.7 Å². The van der Waals surface area contributed by atoms with E-state index in [1.54, 1.807) is 19.1 Å². The molecule has 3 rings (SSSR count). The summed E-state index contributed by atoms with van der Waals surface area (Å²) in [6.07, 6.45) is 0. The maximum atomic E-state index is 13.5. The maximum absolute atomic E-state index is 13.5. The number of sulfonamides is 1. The molecule has 31 heavy (non-hydrogen) atoms. The quantitative estimate of drug-likeness (QED) is 0.472. The summed E-state index contributed by atoms with van der Waals surface area (Å²) in [4.78, 5) is 11.5. The Labute approximate surface area is 183 Å². The van der Waals surface area contributed by atoms with Crippen molar-refractivity contribution in [3.8, 4) is 5.75 Å². The number of carbonyl (C=O) groups is 1. The molecule has 3 aromatic carbocycles. The lowest BCUT2D eigenvalue weighted by Gasteiger charge is -2.23. The Bertz CT molecular complexity index is 1070. The Hall–Kier alpha value is -3.16. The average molecular weight is 440 g/mol. The lowest BCUT2D eigenvalue weighted by atomic mass is 10.2. The van der Waals surface area contributed by atoms with Crippen molar-refractivity contribution in [1.29, 1.82) is 0 Å². The molecule has 0 N–H and O–H groups in total. The third-order valence-electron chi connectivity index (χ3n) is 4.76. The third kappa shape index (κ3) is 5.93. The number of nitrogens with zero attached hydrogens (tertiary/aromatic N) is 1. The minimum absolute atomic E-state index is 0.169. The Kier molecular flexibility index (Phi) is 7.44. The minimum Gasteiger partial charge on any atom is -0.482 e. The van der Waals surface area contributed by atoms with Crippen molar-refractivity contribution in [2.75, 3.05) is 13.7 Å². The van der Waals surface area contributed by atoms with Gasteiger partial charge in [0.15, 0.2) is 6.61 Å². The molecule has 0 radical (unpaired) electrons. The van der Waals surface area contributed by atoms with Gasteiger partial charge in [-0.05, 0) is 41.8 Å². The van der Waals surface area contributed by atoms with Gasteiger partial charge < -0.3 is 9.47 Å². The molecule has 0 aliphatic carbocycles. The fraction of sp³-hybridized carbons (Fsp3) is 0.208. The standard InChI is InChI=1S/C24H25NO5S/c1-19-15-22(13-14-23(19)30-18-24(26)29-2)31(27,28)25(16-20-9-5-3-6-10-20)17-21-11-7-4-8-12-21/h3-15H,16-18H2,1-2H3. The summed E-state index contributed by atoms with van der Waals surface area (Å²) in [5, 5.41) is 0. The average Bonchev–Trinajstić information content (AvgIpc) is 2.79. The number of methoxy groups -OCH3 is 1. The second kappa shape index (κ2) is 10.2. The molecule has 0 fully saturated rings. The van der Waals surface area contributed by atoms with Crippen LogP contribution in [0, 0.1) is 6.92 Å². The van der Waals surface area contributed by atoms with Gasteiger partial charge in [-0.15, -0.1) is 0 Å². The van der Waals surface area contributed by atoms with E-state index >= 15 is 0 Å². The van der Waals surface area contributed by atoms with Crippen molar-refractivity contribution in [2.24, 2.45) is 0 Å². The van der Waals surface area contributed by atoms with Gasteiger partial charge in [0.1, 0.15) is 5.75 Å². The molecule has 3 aromatic rings. The molecule has 0 aliphatic heterocycles. The summed E-state index contributed by atoms with van der Waals surface area (Å²) < 4.78 is 38.5. The van der Waals surface area contributed by atoms with Gasteiger partial charge in [-0.1, -0.05) is 60.7 Å². The molecule has 0 aliphatic rings. The predicted octanol–water partition coefficient (Wildman–Crippen LogP) is 3.94. The van der Waals surface area contributed by atoms with Gasteiger partial charge in [0.2, 0.25) is 10.0 Å². The lowest BCUT2D eigenvalue weighted by Crippen LogP contribution is -2.30. The molecule has 7 heteroatoms. The van der Waals surface area contributed by atoms with E-state index in [2.05, 4.69) is 4.74 Å². The van der Waals surface area contributed by atoms with Gasteiger partial charge in [0.25, 0.3) is 0 Å². The molecule has 0 amide bonds. The highest BCUT2D eigenvalue weighted by Gasteiger charge is 2.25. The molecular formula is C24H25NO5S. The molecule has 0 atom stereocenters. The summed E-state index contributed by atoms with van der Waals surface area (Å²) in [5.74, 6) is -0.0741. The molecule has 0 heterocycles. The summed E-state index contributed by atoms with van der Waals surface area (Å²) >= 11 is 0. The minimum atomic E-state index is -3.79. The number of hydrogen-bond donors (Lipinski definition) is 0. The van der Waals surface area contributed by atoms with Crippen LogP contribution in [0.5, 0.6) is 5.75 Å². The number of esters is 1. The van der Waals surface area contributed by atoms with Crippen molar-refractivity contribution in [3.05, 3.63) is 95.6 Å². The van der Waals surface area contributed by atoms with Gasteiger partial charge in [-0.2, -0.15) is 4.31 Å². The Morgan fingerprint density at radius 1 is 0.871 bits per heavy atom. The van der Waals surface area contributed by atoms with Crippen LogP contribution in [0.25, 0.3) is 0 Å². The van der Waals surface area contributed by atoms with Gasteiger partial charge in [0, 0.05) is 13.1 Å². The highest BCUT2D eigenvalue weighted by atomic mass is 32.2. The van der Waals surface area contributed by atoms with Gasteiger partial charge in [-0.25, -0.2) is 13.2 Å². The van der Waals surface area contributed by atoms with Crippen LogP contribution < -0.4 is 4.74 Å². The van der Waals surface area contributed by atoms with Crippen molar-refractivity contribution in [1.82, 2.24) is 4.31 Å². The summed E-state index contributed by atoms with van der Waals surface area (Å²) in [7, 11) is -2.51. The van der Waals surface area contributed by atoms with Crippen LogP contribution in [0.15, 0.2) is 83.8 Å². The highest BCUT2D eigenvalue weighted by molar-refractivity contribution is 7.89. The van der Waals surface area contributed by atoms with Crippen LogP contribution in [0.3, 0.4) is 0 Å². The van der Waals surface area contributed by atoms with Crippen molar-refractivity contribution in [2.45, 2.75) is 24.9 Å². The second-order valence-electron chi connectivity index (χ2n) is 7.04. The topological polar surface area (TPSA) is 72.9 Å². The van der Waals surface area contributed by atoms with Crippen molar-refractivity contribution in [3.63, 3.8) is 0 Å². The summed E-state index contributed by atoms with van der Waals surface area (Å²) in [6.45, 7) is 2.00.